The van der Waals surface area contributed by atoms with Crippen LogP contribution in [0.15, 0.2) is 17.6 Å². The topological polar surface area (TPSA) is 64.0 Å². The van der Waals surface area contributed by atoms with Gasteiger partial charge in [-0.05, 0) is 41.0 Å². The van der Waals surface area contributed by atoms with Crippen molar-refractivity contribution >= 4 is 10.0 Å². The average Bonchev–Trinajstić information content (AvgIpc) is 2.47. The van der Waals surface area contributed by atoms with Gasteiger partial charge in [0.15, 0.2) is 0 Å². The van der Waals surface area contributed by atoms with Crippen molar-refractivity contribution in [3.8, 4) is 0 Å². The van der Waals surface area contributed by atoms with Crippen LogP contribution >= 0.6 is 0 Å². The van der Waals surface area contributed by atoms with E-state index in [1.807, 2.05) is 20.8 Å². The number of hydrogen-bond donors (Lipinski definition) is 1. The van der Waals surface area contributed by atoms with Gasteiger partial charge in [0.05, 0.1) is 11.4 Å². The van der Waals surface area contributed by atoms with E-state index in [0.717, 1.165) is 6.42 Å². The molecule has 1 heterocycles. The first-order valence-corrected chi connectivity index (χ1v) is 7.75. The molecule has 0 spiro atoms. The smallest absolute Gasteiger partial charge is 0.244 e. The number of rotatable bonds is 5. The van der Waals surface area contributed by atoms with Crippen LogP contribution in [0.1, 0.15) is 38.6 Å². The number of sulfonamides is 1. The van der Waals surface area contributed by atoms with Crippen molar-refractivity contribution in [3.63, 3.8) is 0 Å². The molecule has 0 saturated heterocycles. The summed E-state index contributed by atoms with van der Waals surface area (Å²) in [6, 6.07) is 0. The fourth-order valence-electron chi connectivity index (χ4n) is 1.95. The predicted octanol–water partition coefficient (Wildman–Crippen LogP) is 2.15. The van der Waals surface area contributed by atoms with Gasteiger partial charge in [-0.2, -0.15) is 5.10 Å². The molecule has 0 aromatic carbocycles. The van der Waals surface area contributed by atoms with Crippen LogP contribution in [0.2, 0.25) is 0 Å². The molecule has 0 aliphatic heterocycles. The lowest BCUT2D eigenvalue weighted by molar-refractivity contribution is 0.490. The van der Waals surface area contributed by atoms with Gasteiger partial charge in [-0.1, -0.05) is 6.08 Å². The van der Waals surface area contributed by atoms with Gasteiger partial charge >= 0.3 is 0 Å². The molecule has 0 aliphatic rings. The van der Waals surface area contributed by atoms with Crippen molar-refractivity contribution < 1.29 is 8.42 Å². The van der Waals surface area contributed by atoms with Gasteiger partial charge in [0.2, 0.25) is 10.0 Å². The Hall–Kier alpha value is -1.14. The first kappa shape index (κ1) is 15.9. The first-order chi connectivity index (χ1) is 8.58. The highest BCUT2D eigenvalue weighted by molar-refractivity contribution is 7.89. The SMILES string of the molecule is C=CCCn1nc(C)c(S(=O)(=O)NC(C)(C)C)c1C. The molecule has 1 N–H and O–H groups in total. The van der Waals surface area contributed by atoms with E-state index in [9.17, 15) is 8.42 Å². The normalized spacial score (nSPS) is 12.7. The molecule has 0 unspecified atom stereocenters. The highest BCUT2D eigenvalue weighted by atomic mass is 32.2. The highest BCUT2D eigenvalue weighted by Gasteiger charge is 2.28. The second-order valence-corrected chi connectivity index (χ2v) is 7.28. The molecule has 1 aromatic heterocycles. The van der Waals surface area contributed by atoms with Gasteiger partial charge in [0.1, 0.15) is 4.90 Å². The summed E-state index contributed by atoms with van der Waals surface area (Å²) >= 11 is 0. The summed E-state index contributed by atoms with van der Waals surface area (Å²) < 4.78 is 29.2. The van der Waals surface area contributed by atoms with Gasteiger partial charge < -0.3 is 0 Å². The zero-order valence-electron chi connectivity index (χ0n) is 12.3. The minimum absolute atomic E-state index is 0.284. The van der Waals surface area contributed by atoms with E-state index in [-0.39, 0.29) is 4.90 Å². The summed E-state index contributed by atoms with van der Waals surface area (Å²) in [5, 5.41) is 4.29. The third kappa shape index (κ3) is 3.91. The summed E-state index contributed by atoms with van der Waals surface area (Å²) in [4.78, 5) is 0.284. The molecule has 0 atom stereocenters. The highest BCUT2D eigenvalue weighted by Crippen LogP contribution is 2.21. The van der Waals surface area contributed by atoms with Gasteiger partial charge in [0.25, 0.3) is 0 Å². The maximum atomic E-state index is 12.4. The number of nitrogens with one attached hydrogen (secondary N) is 1. The van der Waals surface area contributed by atoms with Gasteiger partial charge in [0, 0.05) is 12.1 Å². The lowest BCUT2D eigenvalue weighted by atomic mass is 10.1. The molecule has 0 fully saturated rings. The van der Waals surface area contributed by atoms with Crippen LogP contribution in [0.4, 0.5) is 0 Å². The Balaban J connectivity index is 3.20. The van der Waals surface area contributed by atoms with Crippen LogP contribution in [-0.4, -0.2) is 23.7 Å². The predicted molar refractivity (Wildman–Crippen MR) is 76.6 cm³/mol. The molecule has 0 radical (unpaired) electrons. The zero-order chi connectivity index (χ0) is 14.8. The maximum Gasteiger partial charge on any atom is 0.244 e. The van der Waals surface area contributed by atoms with Crippen LogP contribution < -0.4 is 4.72 Å². The van der Waals surface area contributed by atoms with Crippen molar-refractivity contribution in [3.05, 3.63) is 24.0 Å². The number of aromatic nitrogens is 2. The van der Waals surface area contributed by atoms with E-state index in [1.54, 1.807) is 24.6 Å². The summed E-state index contributed by atoms with van der Waals surface area (Å²) in [5.74, 6) is 0. The molecule has 0 bridgehead atoms. The summed E-state index contributed by atoms with van der Waals surface area (Å²) in [6.07, 6.45) is 2.55. The molecule has 19 heavy (non-hydrogen) atoms. The van der Waals surface area contributed by atoms with Crippen molar-refractivity contribution in [2.24, 2.45) is 0 Å². The average molecular weight is 285 g/mol. The molecule has 6 heteroatoms. The summed E-state index contributed by atoms with van der Waals surface area (Å²) in [7, 11) is -3.54. The molecule has 108 valence electrons. The Morgan fingerprint density at radius 2 is 1.95 bits per heavy atom. The molecule has 0 saturated carbocycles. The minimum Gasteiger partial charge on any atom is -0.268 e. The number of nitrogens with zero attached hydrogens (tertiary/aromatic N) is 2. The Labute approximate surface area is 115 Å². The van der Waals surface area contributed by atoms with Crippen molar-refractivity contribution in [2.75, 3.05) is 0 Å². The molecule has 0 amide bonds. The second-order valence-electron chi connectivity index (χ2n) is 5.66. The van der Waals surface area contributed by atoms with E-state index < -0.39 is 15.6 Å². The lowest BCUT2D eigenvalue weighted by Crippen LogP contribution is -2.40. The minimum atomic E-state index is -3.54. The monoisotopic (exact) mass is 285 g/mol. The van der Waals surface area contributed by atoms with E-state index in [1.165, 1.54) is 0 Å². The van der Waals surface area contributed by atoms with Crippen LogP contribution in [-0.2, 0) is 16.6 Å². The summed E-state index contributed by atoms with van der Waals surface area (Å²) in [5.41, 5.74) is 0.676. The van der Waals surface area contributed by atoms with Crippen LogP contribution in [0, 0.1) is 13.8 Å². The van der Waals surface area contributed by atoms with Crippen LogP contribution in [0.3, 0.4) is 0 Å². The molecular weight excluding hydrogens is 262 g/mol. The van der Waals surface area contributed by atoms with Gasteiger partial charge in [-0.25, -0.2) is 13.1 Å². The van der Waals surface area contributed by atoms with Crippen LogP contribution in [0.5, 0.6) is 0 Å². The Bertz CT molecular complexity index is 565. The Kier molecular flexibility index (Phi) is 4.58. The third-order valence-corrected chi connectivity index (χ3v) is 4.58. The van der Waals surface area contributed by atoms with Crippen LogP contribution in [0.25, 0.3) is 0 Å². The number of aryl methyl sites for hydroxylation is 2. The molecule has 1 rings (SSSR count). The van der Waals surface area contributed by atoms with Crippen molar-refractivity contribution in [2.45, 2.75) is 58.0 Å². The van der Waals surface area contributed by atoms with E-state index in [4.69, 9.17) is 0 Å². The molecule has 0 aliphatic carbocycles. The molecule has 1 aromatic rings. The maximum absolute atomic E-state index is 12.4. The molecule has 5 nitrogen and oxygen atoms in total. The van der Waals surface area contributed by atoms with Crippen molar-refractivity contribution in [1.82, 2.24) is 14.5 Å². The van der Waals surface area contributed by atoms with Gasteiger partial charge in [-0.15, -0.1) is 6.58 Å². The number of hydrogen-bond acceptors (Lipinski definition) is 3. The lowest BCUT2D eigenvalue weighted by Gasteiger charge is -2.20. The fraction of sp³-hybridized carbons (Fsp3) is 0.615. The first-order valence-electron chi connectivity index (χ1n) is 6.27. The zero-order valence-corrected chi connectivity index (χ0v) is 13.1. The Morgan fingerprint density at radius 3 is 2.42 bits per heavy atom. The van der Waals surface area contributed by atoms with E-state index >= 15 is 0 Å². The largest absolute Gasteiger partial charge is 0.268 e. The summed E-state index contributed by atoms with van der Waals surface area (Å²) in [6.45, 7) is 13.2. The van der Waals surface area contributed by atoms with E-state index in [2.05, 4.69) is 16.4 Å². The van der Waals surface area contributed by atoms with E-state index in [0.29, 0.717) is 17.9 Å². The van der Waals surface area contributed by atoms with Crippen molar-refractivity contribution in [1.29, 1.82) is 0 Å². The fourth-order valence-corrected chi connectivity index (χ4v) is 3.79. The quantitative estimate of drug-likeness (QED) is 0.843. The number of allylic oxidation sites excluding steroid dienone is 1. The van der Waals surface area contributed by atoms with Gasteiger partial charge in [-0.3, -0.25) is 4.68 Å². The standard InChI is InChI=1S/C13H23N3O2S/c1-7-8-9-16-11(3)12(10(2)14-16)19(17,18)15-13(4,5)6/h7,15H,1,8-9H2,2-6H3. The third-order valence-electron chi connectivity index (χ3n) is 2.57. The molecular formula is C13H23N3O2S. The Morgan fingerprint density at radius 1 is 1.37 bits per heavy atom. The second kappa shape index (κ2) is 5.46.